The van der Waals surface area contributed by atoms with Gasteiger partial charge in [0, 0.05) is 24.2 Å². The van der Waals surface area contributed by atoms with E-state index < -0.39 is 5.91 Å². The molecule has 0 spiro atoms. The van der Waals surface area contributed by atoms with Crippen LogP contribution in [0.25, 0.3) is 0 Å². The van der Waals surface area contributed by atoms with Crippen molar-refractivity contribution in [2.75, 3.05) is 26.7 Å². The smallest absolute Gasteiger partial charge is 0.248 e. The Bertz CT molecular complexity index is 472. The molecule has 1 heterocycles. The lowest BCUT2D eigenvalue weighted by molar-refractivity contribution is 0.1000. The van der Waals surface area contributed by atoms with Gasteiger partial charge in [0.15, 0.2) is 0 Å². The van der Waals surface area contributed by atoms with E-state index in [1.807, 2.05) is 7.05 Å². The van der Waals surface area contributed by atoms with Crippen molar-refractivity contribution < 1.29 is 9.18 Å². The van der Waals surface area contributed by atoms with Gasteiger partial charge in [-0.05, 0) is 57.1 Å². The molecule has 0 aromatic heterocycles. The highest BCUT2D eigenvalue weighted by Gasteiger charge is 2.16. The Labute approximate surface area is 119 Å². The van der Waals surface area contributed by atoms with Crippen molar-refractivity contribution >= 4 is 5.91 Å². The summed E-state index contributed by atoms with van der Waals surface area (Å²) in [6.07, 6.45) is 2.32. The van der Waals surface area contributed by atoms with Crippen LogP contribution in [0.15, 0.2) is 18.2 Å². The van der Waals surface area contributed by atoms with E-state index in [0.29, 0.717) is 23.6 Å². The normalized spacial score (nSPS) is 16.6. The third-order valence-corrected chi connectivity index (χ3v) is 3.80. The number of carbonyl (C=O) groups is 1. The zero-order chi connectivity index (χ0) is 14.5. The van der Waals surface area contributed by atoms with Crippen LogP contribution in [0.4, 0.5) is 4.39 Å². The summed E-state index contributed by atoms with van der Waals surface area (Å²) in [5.74, 6) is -0.150. The number of primary amides is 1. The second-order valence-electron chi connectivity index (χ2n) is 5.56. The molecule has 3 N–H and O–H groups in total. The van der Waals surface area contributed by atoms with Crippen LogP contribution >= 0.6 is 0 Å². The molecular formula is C15H22FN3O. The van der Waals surface area contributed by atoms with Crippen molar-refractivity contribution in [2.24, 2.45) is 11.7 Å². The zero-order valence-electron chi connectivity index (χ0n) is 11.9. The number of rotatable bonds is 5. The first-order valence-electron chi connectivity index (χ1n) is 7.03. The van der Waals surface area contributed by atoms with Gasteiger partial charge in [0.05, 0.1) is 0 Å². The summed E-state index contributed by atoms with van der Waals surface area (Å²) in [5.41, 5.74) is 6.11. The van der Waals surface area contributed by atoms with Gasteiger partial charge in [-0.1, -0.05) is 0 Å². The first kappa shape index (κ1) is 14.9. The summed E-state index contributed by atoms with van der Waals surface area (Å²) in [4.78, 5) is 13.3. The van der Waals surface area contributed by atoms with Gasteiger partial charge in [-0.15, -0.1) is 0 Å². The maximum atomic E-state index is 13.8. The largest absolute Gasteiger partial charge is 0.366 e. The molecule has 0 aliphatic carbocycles. The molecule has 1 saturated heterocycles. The van der Waals surface area contributed by atoms with Gasteiger partial charge in [-0.2, -0.15) is 0 Å². The fourth-order valence-electron chi connectivity index (χ4n) is 2.71. The van der Waals surface area contributed by atoms with Crippen LogP contribution in [0.5, 0.6) is 0 Å². The van der Waals surface area contributed by atoms with Crippen LogP contribution in [0, 0.1) is 11.7 Å². The number of hydrogen-bond acceptors (Lipinski definition) is 3. The first-order chi connectivity index (χ1) is 9.56. The summed E-state index contributed by atoms with van der Waals surface area (Å²) in [6.45, 7) is 3.56. The van der Waals surface area contributed by atoms with E-state index in [2.05, 4.69) is 10.2 Å². The molecule has 0 saturated carbocycles. The molecule has 0 radical (unpaired) electrons. The summed E-state index contributed by atoms with van der Waals surface area (Å²) in [5, 5.41) is 3.34. The quantitative estimate of drug-likeness (QED) is 0.855. The maximum Gasteiger partial charge on any atom is 0.248 e. The number of hydrogen-bond donors (Lipinski definition) is 2. The average molecular weight is 279 g/mol. The van der Waals surface area contributed by atoms with Gasteiger partial charge in [-0.25, -0.2) is 4.39 Å². The second-order valence-corrected chi connectivity index (χ2v) is 5.56. The van der Waals surface area contributed by atoms with E-state index in [-0.39, 0.29) is 5.82 Å². The minimum atomic E-state index is -0.521. The van der Waals surface area contributed by atoms with Crippen molar-refractivity contribution in [1.29, 1.82) is 0 Å². The van der Waals surface area contributed by atoms with E-state index in [1.165, 1.54) is 12.1 Å². The molecule has 1 aromatic carbocycles. The highest BCUT2D eigenvalue weighted by Crippen LogP contribution is 2.16. The summed E-state index contributed by atoms with van der Waals surface area (Å²) in [7, 11) is 1.98. The van der Waals surface area contributed by atoms with Crippen molar-refractivity contribution in [3.63, 3.8) is 0 Å². The third kappa shape index (κ3) is 4.02. The number of amides is 1. The molecule has 0 atom stereocenters. The minimum Gasteiger partial charge on any atom is -0.366 e. The Hall–Kier alpha value is -1.46. The molecule has 1 aromatic rings. The number of nitrogens with zero attached hydrogens (tertiary/aromatic N) is 1. The van der Waals surface area contributed by atoms with Crippen molar-refractivity contribution in [2.45, 2.75) is 19.4 Å². The molecule has 5 heteroatoms. The monoisotopic (exact) mass is 279 g/mol. The maximum absolute atomic E-state index is 13.8. The number of nitrogens with one attached hydrogen (secondary N) is 1. The Balaban J connectivity index is 1.97. The number of benzene rings is 1. The standard InChI is InChI=1S/C15H22FN3O/c1-19(9-11-4-6-18-7-5-11)10-13-8-12(15(17)20)2-3-14(13)16/h2-3,8,11,18H,4-7,9-10H2,1H3,(H2,17,20). The second kappa shape index (κ2) is 6.81. The molecule has 4 nitrogen and oxygen atoms in total. The third-order valence-electron chi connectivity index (χ3n) is 3.80. The Morgan fingerprint density at radius 2 is 2.15 bits per heavy atom. The van der Waals surface area contributed by atoms with Crippen molar-refractivity contribution in [3.8, 4) is 0 Å². The number of carbonyl (C=O) groups excluding carboxylic acids is 1. The predicted molar refractivity (Wildman–Crippen MR) is 76.8 cm³/mol. The van der Waals surface area contributed by atoms with Crippen LogP contribution in [0.1, 0.15) is 28.8 Å². The molecule has 20 heavy (non-hydrogen) atoms. The topological polar surface area (TPSA) is 58.4 Å². The van der Waals surface area contributed by atoms with Crippen molar-refractivity contribution in [3.05, 3.63) is 35.1 Å². The van der Waals surface area contributed by atoms with Crippen molar-refractivity contribution in [1.82, 2.24) is 10.2 Å². The zero-order valence-corrected chi connectivity index (χ0v) is 11.9. The Morgan fingerprint density at radius 1 is 1.45 bits per heavy atom. The van der Waals surface area contributed by atoms with Gasteiger partial charge in [-0.3, -0.25) is 4.79 Å². The predicted octanol–water partition coefficient (Wildman–Crippen LogP) is 1.36. The highest BCUT2D eigenvalue weighted by atomic mass is 19.1. The molecule has 0 bridgehead atoms. The van der Waals surface area contributed by atoms with Crippen LogP contribution in [0.2, 0.25) is 0 Å². The Kier molecular flexibility index (Phi) is 5.09. The summed E-state index contributed by atoms with van der Waals surface area (Å²) >= 11 is 0. The lowest BCUT2D eigenvalue weighted by Gasteiger charge is -2.27. The average Bonchev–Trinajstić information content (AvgIpc) is 2.42. The van der Waals surface area contributed by atoms with E-state index in [9.17, 15) is 9.18 Å². The van der Waals surface area contributed by atoms with E-state index in [4.69, 9.17) is 5.73 Å². The van der Waals surface area contributed by atoms with E-state index in [1.54, 1.807) is 6.07 Å². The lowest BCUT2D eigenvalue weighted by Crippen LogP contribution is -2.34. The van der Waals surface area contributed by atoms with Crippen LogP contribution < -0.4 is 11.1 Å². The van der Waals surface area contributed by atoms with Crippen LogP contribution in [0.3, 0.4) is 0 Å². The van der Waals surface area contributed by atoms with Crippen LogP contribution in [-0.2, 0) is 6.54 Å². The van der Waals surface area contributed by atoms with Crippen LogP contribution in [-0.4, -0.2) is 37.5 Å². The molecule has 1 fully saturated rings. The molecule has 2 rings (SSSR count). The first-order valence-corrected chi connectivity index (χ1v) is 7.03. The highest BCUT2D eigenvalue weighted by molar-refractivity contribution is 5.92. The lowest BCUT2D eigenvalue weighted by atomic mass is 9.97. The van der Waals surface area contributed by atoms with Gasteiger partial charge < -0.3 is 16.0 Å². The summed E-state index contributed by atoms with van der Waals surface area (Å²) < 4.78 is 13.8. The fraction of sp³-hybridized carbons (Fsp3) is 0.533. The summed E-state index contributed by atoms with van der Waals surface area (Å²) in [6, 6.07) is 4.29. The van der Waals surface area contributed by atoms with Gasteiger partial charge >= 0.3 is 0 Å². The van der Waals surface area contributed by atoms with Gasteiger partial charge in [0.25, 0.3) is 0 Å². The Morgan fingerprint density at radius 3 is 2.80 bits per heavy atom. The number of piperidine rings is 1. The molecule has 1 amide bonds. The molecular weight excluding hydrogens is 257 g/mol. The van der Waals surface area contributed by atoms with Gasteiger partial charge in [0.1, 0.15) is 5.82 Å². The molecule has 0 unspecified atom stereocenters. The van der Waals surface area contributed by atoms with E-state index >= 15 is 0 Å². The minimum absolute atomic E-state index is 0.285. The number of nitrogens with two attached hydrogens (primary N) is 1. The van der Waals surface area contributed by atoms with Gasteiger partial charge in [0.2, 0.25) is 5.91 Å². The SMILES string of the molecule is CN(Cc1cc(C(N)=O)ccc1F)CC1CCNCC1. The molecule has 1 aliphatic rings. The molecule has 110 valence electrons. The van der Waals surface area contributed by atoms with E-state index in [0.717, 1.165) is 32.5 Å². The fourth-order valence-corrected chi connectivity index (χ4v) is 2.71. The number of halogens is 1. The molecule has 1 aliphatic heterocycles.